The minimum atomic E-state index is 0.578. The zero-order valence-corrected chi connectivity index (χ0v) is 10.1. The van der Waals surface area contributed by atoms with Gasteiger partial charge in [-0.3, -0.25) is 4.68 Å². The van der Waals surface area contributed by atoms with Crippen LogP contribution < -0.4 is 5.32 Å². The van der Waals surface area contributed by atoms with E-state index in [0.717, 1.165) is 6.42 Å². The summed E-state index contributed by atoms with van der Waals surface area (Å²) >= 11 is 0. The molecule has 3 atom stereocenters. The fraction of sp³-hybridized carbons (Fsp3) is 0.750. The second kappa shape index (κ2) is 3.97. The van der Waals surface area contributed by atoms with Gasteiger partial charge in [0, 0.05) is 31.2 Å². The second-order valence-electron chi connectivity index (χ2n) is 4.76. The molecule has 3 nitrogen and oxygen atoms in total. The van der Waals surface area contributed by atoms with Crippen molar-refractivity contribution < 1.29 is 0 Å². The third kappa shape index (κ3) is 1.93. The molecule has 1 aromatic rings. The molecule has 0 radical (unpaired) electrons. The van der Waals surface area contributed by atoms with Crippen molar-refractivity contribution >= 4 is 0 Å². The molecular formula is C12H21N3. The van der Waals surface area contributed by atoms with E-state index in [0.29, 0.717) is 18.0 Å². The number of nitrogens with one attached hydrogen (secondary N) is 1. The number of nitrogens with zero attached hydrogens (tertiary/aromatic N) is 2. The zero-order chi connectivity index (χ0) is 11.0. The lowest BCUT2D eigenvalue weighted by Gasteiger charge is -2.14. The highest BCUT2D eigenvalue weighted by molar-refractivity contribution is 5.25. The van der Waals surface area contributed by atoms with Gasteiger partial charge >= 0.3 is 0 Å². The minimum Gasteiger partial charge on any atom is -0.311 e. The second-order valence-corrected chi connectivity index (χ2v) is 4.76. The Morgan fingerprint density at radius 3 is 2.80 bits per heavy atom. The van der Waals surface area contributed by atoms with Gasteiger partial charge in [0.15, 0.2) is 0 Å². The van der Waals surface area contributed by atoms with Crippen LogP contribution in [0, 0.1) is 0 Å². The van der Waals surface area contributed by atoms with Crippen LogP contribution >= 0.6 is 0 Å². The molecule has 0 aliphatic carbocycles. The molecule has 1 aliphatic heterocycles. The van der Waals surface area contributed by atoms with Crippen LogP contribution in [0.15, 0.2) is 6.20 Å². The van der Waals surface area contributed by atoms with Crippen LogP contribution in [0.5, 0.6) is 0 Å². The Bertz CT molecular complexity index is 343. The lowest BCUT2D eigenvalue weighted by molar-refractivity contribution is 0.573. The Kier molecular flexibility index (Phi) is 2.83. The predicted octanol–water partition coefficient (Wildman–Crippen LogP) is 1.84. The SMILES string of the molecule is CCc1nn(C)cc1C1CC(C)NC1C. The highest BCUT2D eigenvalue weighted by Gasteiger charge is 2.31. The van der Waals surface area contributed by atoms with E-state index in [9.17, 15) is 0 Å². The van der Waals surface area contributed by atoms with Crippen molar-refractivity contribution in [3.8, 4) is 0 Å². The van der Waals surface area contributed by atoms with E-state index in [1.54, 1.807) is 0 Å². The summed E-state index contributed by atoms with van der Waals surface area (Å²) in [6.07, 6.45) is 4.47. The Morgan fingerprint density at radius 1 is 1.53 bits per heavy atom. The van der Waals surface area contributed by atoms with Crippen molar-refractivity contribution in [1.29, 1.82) is 0 Å². The van der Waals surface area contributed by atoms with E-state index in [1.165, 1.54) is 17.7 Å². The number of hydrogen-bond donors (Lipinski definition) is 1. The summed E-state index contributed by atoms with van der Waals surface area (Å²) in [6, 6.07) is 1.21. The fourth-order valence-corrected chi connectivity index (χ4v) is 2.75. The summed E-state index contributed by atoms with van der Waals surface area (Å²) in [4.78, 5) is 0. The number of hydrogen-bond acceptors (Lipinski definition) is 2. The molecule has 1 saturated heterocycles. The van der Waals surface area contributed by atoms with Gasteiger partial charge in [-0.2, -0.15) is 5.10 Å². The van der Waals surface area contributed by atoms with Crippen molar-refractivity contribution in [2.45, 2.75) is 51.6 Å². The smallest absolute Gasteiger partial charge is 0.0657 e. The molecule has 0 spiro atoms. The summed E-state index contributed by atoms with van der Waals surface area (Å²) in [5, 5.41) is 8.11. The molecule has 3 unspecified atom stereocenters. The number of rotatable bonds is 2. The molecule has 0 saturated carbocycles. The summed E-state index contributed by atoms with van der Waals surface area (Å²) in [6.45, 7) is 6.72. The third-order valence-electron chi connectivity index (χ3n) is 3.43. The molecule has 1 fully saturated rings. The number of aromatic nitrogens is 2. The monoisotopic (exact) mass is 207 g/mol. The first-order valence-corrected chi connectivity index (χ1v) is 5.90. The topological polar surface area (TPSA) is 29.9 Å². The molecule has 15 heavy (non-hydrogen) atoms. The highest BCUT2D eigenvalue weighted by Crippen LogP contribution is 2.32. The normalized spacial score (nSPS) is 31.1. The Balaban J connectivity index is 2.28. The molecule has 2 rings (SSSR count). The van der Waals surface area contributed by atoms with Gasteiger partial charge in [-0.05, 0) is 32.3 Å². The Morgan fingerprint density at radius 2 is 2.27 bits per heavy atom. The van der Waals surface area contributed by atoms with Gasteiger partial charge in [-0.25, -0.2) is 0 Å². The largest absolute Gasteiger partial charge is 0.311 e. The third-order valence-corrected chi connectivity index (χ3v) is 3.43. The van der Waals surface area contributed by atoms with Crippen molar-refractivity contribution in [2.24, 2.45) is 7.05 Å². The molecule has 1 N–H and O–H groups in total. The van der Waals surface area contributed by atoms with E-state index in [-0.39, 0.29) is 0 Å². The van der Waals surface area contributed by atoms with Crippen LogP contribution in [0.25, 0.3) is 0 Å². The summed E-state index contributed by atoms with van der Waals surface area (Å²) in [7, 11) is 2.01. The lowest BCUT2D eigenvalue weighted by atomic mass is 9.91. The van der Waals surface area contributed by atoms with E-state index >= 15 is 0 Å². The van der Waals surface area contributed by atoms with Gasteiger partial charge in [-0.15, -0.1) is 0 Å². The Labute approximate surface area is 91.9 Å². The van der Waals surface area contributed by atoms with Gasteiger partial charge < -0.3 is 5.32 Å². The van der Waals surface area contributed by atoms with Crippen LogP contribution in [-0.4, -0.2) is 21.9 Å². The van der Waals surface area contributed by atoms with E-state index in [1.807, 2.05) is 11.7 Å². The van der Waals surface area contributed by atoms with Gasteiger partial charge in [0.25, 0.3) is 0 Å². The molecule has 1 aliphatic rings. The van der Waals surface area contributed by atoms with E-state index < -0.39 is 0 Å². The molecule has 0 amide bonds. The molecule has 0 aromatic carbocycles. The molecule has 2 heterocycles. The van der Waals surface area contributed by atoms with E-state index in [4.69, 9.17) is 0 Å². The van der Waals surface area contributed by atoms with Crippen LogP contribution in [0.1, 0.15) is 44.4 Å². The summed E-state index contributed by atoms with van der Waals surface area (Å²) in [5.41, 5.74) is 2.72. The molecular weight excluding hydrogens is 186 g/mol. The average Bonchev–Trinajstić information content (AvgIpc) is 2.69. The van der Waals surface area contributed by atoms with Crippen LogP contribution in [-0.2, 0) is 13.5 Å². The fourth-order valence-electron chi connectivity index (χ4n) is 2.75. The first kappa shape index (κ1) is 10.7. The Hall–Kier alpha value is -0.830. The first-order valence-electron chi connectivity index (χ1n) is 5.90. The maximum Gasteiger partial charge on any atom is 0.0657 e. The van der Waals surface area contributed by atoms with Crippen molar-refractivity contribution in [2.75, 3.05) is 0 Å². The van der Waals surface area contributed by atoms with Gasteiger partial charge in [0.2, 0.25) is 0 Å². The maximum atomic E-state index is 4.52. The molecule has 3 heteroatoms. The quantitative estimate of drug-likeness (QED) is 0.802. The van der Waals surface area contributed by atoms with Gasteiger partial charge in [-0.1, -0.05) is 6.92 Å². The number of aryl methyl sites for hydroxylation is 2. The van der Waals surface area contributed by atoms with Crippen LogP contribution in [0.4, 0.5) is 0 Å². The molecule has 84 valence electrons. The molecule has 1 aromatic heterocycles. The average molecular weight is 207 g/mol. The van der Waals surface area contributed by atoms with Crippen molar-refractivity contribution in [1.82, 2.24) is 15.1 Å². The summed E-state index contributed by atoms with van der Waals surface area (Å²) in [5.74, 6) is 0.642. The minimum absolute atomic E-state index is 0.578. The van der Waals surface area contributed by atoms with Crippen LogP contribution in [0.2, 0.25) is 0 Å². The van der Waals surface area contributed by atoms with Crippen molar-refractivity contribution in [3.05, 3.63) is 17.5 Å². The van der Waals surface area contributed by atoms with Gasteiger partial charge in [0.05, 0.1) is 5.69 Å². The summed E-state index contributed by atoms with van der Waals surface area (Å²) < 4.78 is 1.95. The first-order chi connectivity index (χ1) is 7.11. The van der Waals surface area contributed by atoms with Crippen LogP contribution in [0.3, 0.4) is 0 Å². The maximum absolute atomic E-state index is 4.52. The predicted molar refractivity (Wildman–Crippen MR) is 62.0 cm³/mol. The van der Waals surface area contributed by atoms with Gasteiger partial charge in [0.1, 0.15) is 0 Å². The highest BCUT2D eigenvalue weighted by atomic mass is 15.3. The molecule has 0 bridgehead atoms. The lowest BCUT2D eigenvalue weighted by Crippen LogP contribution is -2.26. The zero-order valence-electron chi connectivity index (χ0n) is 10.1. The standard InChI is InChI=1S/C12H21N3/c1-5-12-11(7-15(4)14-12)10-6-8(2)13-9(10)3/h7-10,13H,5-6H2,1-4H3. The van der Waals surface area contributed by atoms with Crippen molar-refractivity contribution in [3.63, 3.8) is 0 Å². The van der Waals surface area contributed by atoms with E-state index in [2.05, 4.69) is 37.4 Å².